The van der Waals surface area contributed by atoms with Crippen LogP contribution in [-0.2, 0) is 9.53 Å². The van der Waals surface area contributed by atoms with Gasteiger partial charge in [0.15, 0.2) is 0 Å². The van der Waals surface area contributed by atoms with Crippen LogP contribution in [0.15, 0.2) is 53.9 Å². The zero-order valence-electron chi connectivity index (χ0n) is 19.4. The van der Waals surface area contributed by atoms with E-state index in [9.17, 15) is 9.59 Å². The second-order valence-electron chi connectivity index (χ2n) is 7.60. The largest absolute Gasteiger partial charge is 0.493 e. The number of carbonyl (C=O) groups excluding carboxylic acids is 2. The van der Waals surface area contributed by atoms with Gasteiger partial charge in [0.25, 0.3) is 0 Å². The predicted molar refractivity (Wildman–Crippen MR) is 135 cm³/mol. The van der Waals surface area contributed by atoms with E-state index in [2.05, 4.69) is 11.4 Å². The monoisotopic (exact) mass is 463 g/mol. The molecule has 1 amide bonds. The molecule has 1 aromatic heterocycles. The first-order valence-electron chi connectivity index (χ1n) is 11.0. The zero-order chi connectivity index (χ0) is 23.8. The molecule has 2 aromatic carbocycles. The van der Waals surface area contributed by atoms with Crippen molar-refractivity contribution in [3.05, 3.63) is 76.2 Å². The number of esters is 1. The van der Waals surface area contributed by atoms with Crippen molar-refractivity contribution < 1.29 is 19.1 Å². The van der Waals surface area contributed by atoms with E-state index < -0.39 is 5.97 Å². The van der Waals surface area contributed by atoms with E-state index in [0.29, 0.717) is 17.2 Å². The first-order valence-corrected chi connectivity index (χ1v) is 11.9. The lowest BCUT2D eigenvalue weighted by atomic mass is 9.97. The first-order chi connectivity index (χ1) is 15.9. The van der Waals surface area contributed by atoms with Crippen molar-refractivity contribution in [3.63, 3.8) is 0 Å². The Morgan fingerprint density at radius 2 is 1.85 bits per heavy atom. The van der Waals surface area contributed by atoms with E-state index in [4.69, 9.17) is 9.47 Å². The molecule has 6 heteroatoms. The van der Waals surface area contributed by atoms with E-state index in [-0.39, 0.29) is 12.5 Å². The third kappa shape index (κ3) is 6.11. The number of ether oxygens (including phenoxy) is 2. The second kappa shape index (κ2) is 11.5. The third-order valence-electron chi connectivity index (χ3n) is 4.97. The Hall–Kier alpha value is -3.38. The standard InChI is InChI=1S/C27H29NO4S/c1-5-15-32-23-10-8-7-9-20(23)12-14-24(29)28-26-25(27(30)31-6-2)22(17-33-26)21-13-11-18(3)16-19(21)4/h7-14,16-17H,5-6,15H2,1-4H3,(H,28,29)/b14-12+. The van der Waals surface area contributed by atoms with Crippen LogP contribution < -0.4 is 10.1 Å². The maximum atomic E-state index is 12.8. The van der Waals surface area contributed by atoms with Gasteiger partial charge < -0.3 is 14.8 Å². The summed E-state index contributed by atoms with van der Waals surface area (Å²) >= 11 is 1.31. The highest BCUT2D eigenvalue weighted by atomic mass is 32.1. The Balaban J connectivity index is 1.88. The second-order valence-corrected chi connectivity index (χ2v) is 8.48. The average Bonchev–Trinajstić information content (AvgIpc) is 3.20. The van der Waals surface area contributed by atoms with E-state index in [1.807, 2.05) is 62.5 Å². The molecule has 0 unspecified atom stereocenters. The summed E-state index contributed by atoms with van der Waals surface area (Å²) < 4.78 is 11.0. The van der Waals surface area contributed by atoms with Crippen LogP contribution in [0.3, 0.4) is 0 Å². The number of thiophene rings is 1. The van der Waals surface area contributed by atoms with Gasteiger partial charge in [-0.1, -0.05) is 48.9 Å². The van der Waals surface area contributed by atoms with Crippen LogP contribution in [0.25, 0.3) is 17.2 Å². The fourth-order valence-electron chi connectivity index (χ4n) is 3.45. The number of anilines is 1. The molecule has 33 heavy (non-hydrogen) atoms. The fraction of sp³-hybridized carbons (Fsp3) is 0.259. The SMILES string of the molecule is CCCOc1ccccc1/C=C/C(=O)Nc1scc(-c2ccc(C)cc2C)c1C(=O)OCC. The van der Waals surface area contributed by atoms with Crippen LogP contribution in [-0.4, -0.2) is 25.1 Å². The molecule has 0 aliphatic rings. The number of para-hydroxylation sites is 1. The van der Waals surface area contributed by atoms with Crippen LogP contribution in [0.5, 0.6) is 5.75 Å². The number of hydrogen-bond donors (Lipinski definition) is 1. The topological polar surface area (TPSA) is 64.6 Å². The Morgan fingerprint density at radius 3 is 2.58 bits per heavy atom. The fourth-order valence-corrected chi connectivity index (χ4v) is 4.40. The van der Waals surface area contributed by atoms with Crippen molar-refractivity contribution in [1.29, 1.82) is 0 Å². The summed E-state index contributed by atoms with van der Waals surface area (Å²) in [6, 6.07) is 13.6. The van der Waals surface area contributed by atoms with Crippen molar-refractivity contribution in [2.24, 2.45) is 0 Å². The highest BCUT2D eigenvalue weighted by molar-refractivity contribution is 7.15. The van der Waals surface area contributed by atoms with E-state index in [0.717, 1.165) is 40.0 Å². The van der Waals surface area contributed by atoms with Crippen LogP contribution in [0, 0.1) is 13.8 Å². The van der Waals surface area contributed by atoms with Crippen molar-refractivity contribution in [1.82, 2.24) is 0 Å². The molecule has 3 rings (SSSR count). The molecule has 5 nitrogen and oxygen atoms in total. The summed E-state index contributed by atoms with van der Waals surface area (Å²) in [4.78, 5) is 25.5. The Kier molecular flexibility index (Phi) is 8.44. The van der Waals surface area contributed by atoms with E-state index >= 15 is 0 Å². The average molecular weight is 464 g/mol. The van der Waals surface area contributed by atoms with E-state index in [1.165, 1.54) is 17.4 Å². The van der Waals surface area contributed by atoms with Crippen LogP contribution in [0.2, 0.25) is 0 Å². The summed E-state index contributed by atoms with van der Waals surface area (Å²) in [5.41, 5.74) is 5.09. The summed E-state index contributed by atoms with van der Waals surface area (Å²) in [5.74, 6) is -0.0601. The van der Waals surface area contributed by atoms with Gasteiger partial charge in [-0.15, -0.1) is 11.3 Å². The Morgan fingerprint density at radius 1 is 1.06 bits per heavy atom. The van der Waals surface area contributed by atoms with Gasteiger partial charge in [0.05, 0.1) is 13.2 Å². The lowest BCUT2D eigenvalue weighted by Crippen LogP contribution is -2.12. The highest BCUT2D eigenvalue weighted by Crippen LogP contribution is 2.38. The van der Waals surface area contributed by atoms with Gasteiger partial charge in [0.1, 0.15) is 16.3 Å². The molecule has 172 valence electrons. The minimum absolute atomic E-state index is 0.253. The first kappa shape index (κ1) is 24.3. The zero-order valence-corrected chi connectivity index (χ0v) is 20.3. The molecule has 1 N–H and O–H groups in total. The molecule has 0 bridgehead atoms. The van der Waals surface area contributed by atoms with Crippen LogP contribution in [0.1, 0.15) is 47.3 Å². The molecule has 0 atom stereocenters. The van der Waals surface area contributed by atoms with Gasteiger partial charge in [-0.05, 0) is 50.5 Å². The number of rotatable bonds is 9. The normalized spacial score (nSPS) is 10.9. The third-order valence-corrected chi connectivity index (χ3v) is 5.87. The minimum Gasteiger partial charge on any atom is -0.493 e. The Bertz CT molecular complexity index is 1160. The molecular formula is C27H29NO4S. The lowest BCUT2D eigenvalue weighted by molar-refractivity contribution is -0.111. The van der Waals surface area contributed by atoms with Gasteiger partial charge in [-0.25, -0.2) is 4.79 Å². The molecule has 0 saturated heterocycles. The molecule has 0 aliphatic heterocycles. The van der Waals surface area contributed by atoms with Gasteiger partial charge in [-0.3, -0.25) is 4.79 Å². The van der Waals surface area contributed by atoms with E-state index in [1.54, 1.807) is 13.0 Å². The van der Waals surface area contributed by atoms with Crippen LogP contribution >= 0.6 is 11.3 Å². The molecule has 1 heterocycles. The van der Waals surface area contributed by atoms with Crippen molar-refractivity contribution >= 4 is 34.3 Å². The summed E-state index contributed by atoms with van der Waals surface area (Å²) in [7, 11) is 0. The molecule has 0 saturated carbocycles. The molecule has 0 radical (unpaired) electrons. The highest BCUT2D eigenvalue weighted by Gasteiger charge is 2.23. The summed E-state index contributed by atoms with van der Waals surface area (Å²) in [5, 5.41) is 5.21. The van der Waals surface area contributed by atoms with Crippen molar-refractivity contribution in [2.75, 3.05) is 18.5 Å². The van der Waals surface area contributed by atoms with Crippen molar-refractivity contribution in [2.45, 2.75) is 34.1 Å². The molecule has 0 fully saturated rings. The number of nitrogens with one attached hydrogen (secondary N) is 1. The number of aryl methyl sites for hydroxylation is 2. The minimum atomic E-state index is -0.452. The number of carbonyl (C=O) groups is 2. The maximum Gasteiger partial charge on any atom is 0.341 e. The predicted octanol–water partition coefficient (Wildman–Crippen LogP) is 6.65. The number of hydrogen-bond acceptors (Lipinski definition) is 5. The lowest BCUT2D eigenvalue weighted by Gasteiger charge is -2.10. The molecule has 0 aliphatic carbocycles. The Labute approximate surface area is 199 Å². The van der Waals surface area contributed by atoms with Crippen molar-refractivity contribution in [3.8, 4) is 16.9 Å². The summed E-state index contributed by atoms with van der Waals surface area (Å²) in [6.07, 6.45) is 4.05. The van der Waals surface area contributed by atoms with Gasteiger partial charge in [0, 0.05) is 22.6 Å². The number of benzene rings is 2. The number of amides is 1. The molecular weight excluding hydrogens is 434 g/mol. The van der Waals surface area contributed by atoms with Gasteiger partial charge >= 0.3 is 5.97 Å². The molecule has 3 aromatic rings. The maximum absolute atomic E-state index is 12.8. The smallest absolute Gasteiger partial charge is 0.341 e. The quantitative estimate of drug-likeness (QED) is 0.285. The van der Waals surface area contributed by atoms with Crippen LogP contribution in [0.4, 0.5) is 5.00 Å². The van der Waals surface area contributed by atoms with Gasteiger partial charge in [-0.2, -0.15) is 0 Å². The van der Waals surface area contributed by atoms with Gasteiger partial charge in [0.2, 0.25) is 5.91 Å². The summed E-state index contributed by atoms with van der Waals surface area (Å²) in [6.45, 7) is 8.70. The molecule has 0 spiro atoms.